The van der Waals surface area contributed by atoms with Gasteiger partial charge in [-0.15, -0.1) is 0 Å². The van der Waals surface area contributed by atoms with Crippen LogP contribution in [0.4, 0.5) is 0 Å². The summed E-state index contributed by atoms with van der Waals surface area (Å²) in [5.74, 6) is 2.75. The van der Waals surface area contributed by atoms with E-state index in [-0.39, 0.29) is 6.71 Å². The van der Waals surface area contributed by atoms with Crippen molar-refractivity contribution in [3.63, 3.8) is 0 Å². The Morgan fingerprint density at radius 3 is 3.05 bits per heavy atom. The van der Waals surface area contributed by atoms with E-state index < -0.39 is 0 Å². The van der Waals surface area contributed by atoms with E-state index in [2.05, 4.69) is 16.1 Å². The van der Waals surface area contributed by atoms with Crippen LogP contribution >= 0.6 is 11.6 Å². The third-order valence-corrected chi connectivity index (χ3v) is 4.15. The molecule has 1 atom stereocenters. The van der Waals surface area contributed by atoms with Crippen LogP contribution in [0.1, 0.15) is 17.9 Å². The van der Waals surface area contributed by atoms with Gasteiger partial charge in [-0.05, 0) is 23.6 Å². The van der Waals surface area contributed by atoms with Crippen LogP contribution in [-0.2, 0) is 7.05 Å². The zero-order chi connectivity index (χ0) is 14.1. The molecule has 0 aliphatic carbocycles. The second-order valence-electron chi connectivity index (χ2n) is 5.30. The molecule has 1 fully saturated rings. The fourth-order valence-corrected chi connectivity index (χ4v) is 3.09. The average molecular weight is 285 g/mol. The molecule has 0 aromatic carbocycles. The monoisotopic (exact) mass is 284 g/mol. The predicted molar refractivity (Wildman–Crippen MR) is 79.8 cm³/mol. The van der Waals surface area contributed by atoms with Crippen molar-refractivity contribution in [2.24, 2.45) is 7.05 Å². The highest BCUT2D eigenvalue weighted by Gasteiger charge is 2.31. The maximum atomic E-state index is 9.06. The van der Waals surface area contributed by atoms with Gasteiger partial charge in [0.15, 0.2) is 0 Å². The number of rotatable bonds is 2. The van der Waals surface area contributed by atoms with Gasteiger partial charge in [0.25, 0.3) is 6.71 Å². The van der Waals surface area contributed by atoms with E-state index in [4.69, 9.17) is 16.9 Å². The molecule has 0 saturated carbocycles. The fraction of sp³-hybridized carbons (Fsp3) is 0.357. The van der Waals surface area contributed by atoms with Gasteiger partial charge >= 0.3 is 0 Å². The first-order valence-corrected chi connectivity index (χ1v) is 7.10. The molecule has 2 aromatic heterocycles. The lowest BCUT2D eigenvalue weighted by Crippen LogP contribution is -2.04. The van der Waals surface area contributed by atoms with Crippen LogP contribution in [-0.4, -0.2) is 21.5 Å². The number of aromatic nitrogens is 3. The summed E-state index contributed by atoms with van der Waals surface area (Å²) in [6, 6.07) is 3.85. The van der Waals surface area contributed by atoms with Crippen LogP contribution in [0, 0.1) is 11.2 Å². The molecule has 6 heteroatoms. The van der Waals surface area contributed by atoms with Crippen LogP contribution in [0.2, 0.25) is 17.8 Å². The van der Waals surface area contributed by atoms with Gasteiger partial charge in [0.05, 0.1) is 5.69 Å². The first kappa shape index (κ1) is 13.2. The number of nitriles is 1. The van der Waals surface area contributed by atoms with Crippen LogP contribution in [0.3, 0.4) is 0 Å². The summed E-state index contributed by atoms with van der Waals surface area (Å²) in [5, 5.41) is 14.0. The predicted octanol–water partition coefficient (Wildman–Crippen LogP) is 3.18. The van der Waals surface area contributed by atoms with E-state index >= 15 is 0 Å². The van der Waals surface area contributed by atoms with Crippen molar-refractivity contribution >= 4 is 18.3 Å². The van der Waals surface area contributed by atoms with E-state index in [0.29, 0.717) is 11.1 Å². The summed E-state index contributed by atoms with van der Waals surface area (Å²) in [7, 11) is 1.90. The summed E-state index contributed by atoms with van der Waals surface area (Å²) in [5.41, 5.74) is 3.10. The molecule has 0 N–H and O–H groups in total. The molecular formula is C14H14BClN4. The lowest BCUT2D eigenvalue weighted by Gasteiger charge is -2.14. The molecule has 1 aliphatic heterocycles. The van der Waals surface area contributed by atoms with Crippen molar-refractivity contribution in [3.05, 3.63) is 35.2 Å². The lowest BCUT2D eigenvalue weighted by atomic mass is 9.49. The molecule has 3 heterocycles. The van der Waals surface area contributed by atoms with Gasteiger partial charge in [-0.1, -0.05) is 30.7 Å². The Bertz CT molecular complexity index is 676. The minimum Gasteiger partial charge on any atom is -0.275 e. The molecule has 1 unspecified atom stereocenters. The standard InChI is InChI=1S/C14H14BClN4/c1-20-5-3-13(19-20)11-6-14(16)18-8-12(11)10-2-4-15(7-10)9-17/h3,5-6,8,10H,2,4,7H2,1H3. The maximum Gasteiger partial charge on any atom is 0.268 e. The molecule has 1 aliphatic rings. The van der Waals surface area contributed by atoms with Gasteiger partial charge in [-0.2, -0.15) is 5.10 Å². The summed E-state index contributed by atoms with van der Waals surface area (Å²) in [4.78, 5) is 4.22. The van der Waals surface area contributed by atoms with Crippen molar-refractivity contribution < 1.29 is 0 Å². The largest absolute Gasteiger partial charge is 0.275 e. The topological polar surface area (TPSA) is 54.5 Å². The SMILES string of the molecule is Cn1ccc(-c2cc(Cl)ncc2C2CCB(C#N)C2)n1. The number of hydrogen-bond acceptors (Lipinski definition) is 3. The zero-order valence-corrected chi connectivity index (χ0v) is 12.0. The van der Waals surface area contributed by atoms with Crippen LogP contribution in [0.5, 0.6) is 0 Å². The Kier molecular flexibility index (Phi) is 3.50. The summed E-state index contributed by atoms with van der Waals surface area (Å²) in [6.45, 7) is 0.160. The fourth-order valence-electron chi connectivity index (χ4n) is 2.93. The molecule has 100 valence electrons. The second-order valence-corrected chi connectivity index (χ2v) is 5.69. The lowest BCUT2D eigenvalue weighted by molar-refractivity contribution is 0.758. The Labute approximate surface area is 123 Å². The zero-order valence-electron chi connectivity index (χ0n) is 11.3. The number of hydrogen-bond donors (Lipinski definition) is 0. The molecule has 3 rings (SSSR count). The average Bonchev–Trinajstić information content (AvgIpc) is 3.07. The van der Waals surface area contributed by atoms with E-state index in [9.17, 15) is 0 Å². The van der Waals surface area contributed by atoms with Crippen molar-refractivity contribution in [2.45, 2.75) is 25.0 Å². The van der Waals surface area contributed by atoms with Crippen molar-refractivity contribution in [1.29, 1.82) is 5.26 Å². The number of aryl methyl sites for hydroxylation is 1. The van der Waals surface area contributed by atoms with Crippen LogP contribution < -0.4 is 0 Å². The van der Waals surface area contributed by atoms with Gasteiger partial charge in [0.1, 0.15) is 5.15 Å². The Morgan fingerprint density at radius 2 is 2.40 bits per heavy atom. The normalized spacial score (nSPS) is 18.2. The molecule has 4 nitrogen and oxygen atoms in total. The molecule has 1 saturated heterocycles. The van der Waals surface area contributed by atoms with Gasteiger partial charge in [0.2, 0.25) is 0 Å². The minimum atomic E-state index is 0.160. The van der Waals surface area contributed by atoms with E-state index in [1.807, 2.05) is 31.6 Å². The van der Waals surface area contributed by atoms with E-state index in [0.717, 1.165) is 35.9 Å². The minimum absolute atomic E-state index is 0.160. The molecular weight excluding hydrogens is 270 g/mol. The van der Waals surface area contributed by atoms with Crippen LogP contribution in [0.15, 0.2) is 24.5 Å². The van der Waals surface area contributed by atoms with Crippen molar-refractivity contribution in [1.82, 2.24) is 14.8 Å². The Hall–Kier alpha value is -1.80. The molecule has 0 spiro atoms. The molecule has 20 heavy (non-hydrogen) atoms. The molecule has 2 aromatic rings. The number of pyridine rings is 1. The smallest absolute Gasteiger partial charge is 0.268 e. The highest BCUT2D eigenvalue weighted by atomic mass is 35.5. The van der Waals surface area contributed by atoms with Crippen molar-refractivity contribution in [3.8, 4) is 17.2 Å². The molecule has 0 bridgehead atoms. The highest BCUT2D eigenvalue weighted by Crippen LogP contribution is 2.39. The second kappa shape index (κ2) is 5.30. The maximum absolute atomic E-state index is 9.06. The molecule has 0 radical (unpaired) electrons. The number of halogens is 1. The van der Waals surface area contributed by atoms with Crippen molar-refractivity contribution in [2.75, 3.05) is 0 Å². The van der Waals surface area contributed by atoms with Crippen LogP contribution in [0.25, 0.3) is 11.3 Å². The first-order chi connectivity index (χ1) is 9.67. The van der Waals surface area contributed by atoms with Gasteiger partial charge in [-0.25, -0.2) is 10.2 Å². The third-order valence-electron chi connectivity index (χ3n) is 3.95. The van der Waals surface area contributed by atoms with E-state index in [1.54, 1.807) is 4.68 Å². The summed E-state index contributed by atoms with van der Waals surface area (Å²) < 4.78 is 1.78. The Morgan fingerprint density at radius 1 is 1.55 bits per heavy atom. The van der Waals surface area contributed by atoms with Gasteiger partial charge in [-0.3, -0.25) is 4.68 Å². The van der Waals surface area contributed by atoms with Gasteiger partial charge in [0, 0.05) is 31.0 Å². The number of nitrogens with zero attached hydrogens (tertiary/aromatic N) is 4. The quantitative estimate of drug-likeness (QED) is 0.628. The summed E-state index contributed by atoms with van der Waals surface area (Å²) in [6.07, 6.45) is 6.66. The molecule has 0 amide bonds. The third kappa shape index (κ3) is 2.44. The van der Waals surface area contributed by atoms with E-state index in [1.165, 1.54) is 0 Å². The van der Waals surface area contributed by atoms with Gasteiger partial charge < -0.3 is 0 Å². The first-order valence-electron chi connectivity index (χ1n) is 6.72. The Balaban J connectivity index is 2.01. The highest BCUT2D eigenvalue weighted by molar-refractivity contribution is 6.67. The summed E-state index contributed by atoms with van der Waals surface area (Å²) >= 11 is 6.04.